The second-order valence-electron chi connectivity index (χ2n) is 6.81. The van der Waals surface area contributed by atoms with Crippen LogP contribution in [0.2, 0.25) is 0 Å². The van der Waals surface area contributed by atoms with Crippen molar-refractivity contribution in [1.82, 2.24) is 10.4 Å². The molecule has 0 aliphatic carbocycles. The van der Waals surface area contributed by atoms with Crippen LogP contribution >= 0.6 is 0 Å². The van der Waals surface area contributed by atoms with Gasteiger partial charge in [-0.25, -0.2) is 5.48 Å². The third kappa shape index (κ3) is 4.86. The number of nitrogens with one attached hydrogen (secondary N) is 1. The molecule has 29 heavy (non-hydrogen) atoms. The van der Waals surface area contributed by atoms with Crippen molar-refractivity contribution in [2.45, 2.75) is 26.1 Å². The predicted octanol–water partition coefficient (Wildman–Crippen LogP) is 3.10. The number of nitrogens with zero attached hydrogens (tertiary/aromatic N) is 1. The number of hydrogen-bond acceptors (Lipinski definition) is 4. The first-order valence-electron chi connectivity index (χ1n) is 8.83. The van der Waals surface area contributed by atoms with E-state index in [1.54, 1.807) is 19.1 Å². The first-order valence-corrected chi connectivity index (χ1v) is 8.83. The minimum absolute atomic E-state index is 0.162. The highest BCUT2D eigenvalue weighted by molar-refractivity contribution is 5.93. The molecule has 0 unspecified atom stereocenters. The van der Waals surface area contributed by atoms with Crippen molar-refractivity contribution in [3.63, 3.8) is 0 Å². The van der Waals surface area contributed by atoms with Crippen molar-refractivity contribution in [3.8, 4) is 5.75 Å². The van der Waals surface area contributed by atoms with Crippen LogP contribution in [-0.4, -0.2) is 35.1 Å². The van der Waals surface area contributed by atoms with E-state index >= 15 is 0 Å². The molecule has 9 heteroatoms. The third-order valence-corrected chi connectivity index (χ3v) is 4.58. The van der Waals surface area contributed by atoms with Crippen LogP contribution in [0.15, 0.2) is 36.4 Å². The van der Waals surface area contributed by atoms with Gasteiger partial charge in [-0.15, -0.1) is 0 Å². The largest absolute Gasteiger partial charge is 0.491 e. The van der Waals surface area contributed by atoms with Crippen molar-refractivity contribution in [1.29, 1.82) is 0 Å². The number of ether oxygens (including phenoxy) is 1. The zero-order chi connectivity index (χ0) is 21.2. The molecule has 0 bridgehead atoms. The van der Waals surface area contributed by atoms with E-state index in [1.165, 1.54) is 22.5 Å². The number of hydrogen-bond donors (Lipinski definition) is 2. The fourth-order valence-electron chi connectivity index (χ4n) is 3.20. The summed E-state index contributed by atoms with van der Waals surface area (Å²) >= 11 is 0. The van der Waals surface area contributed by atoms with E-state index in [1.807, 2.05) is 0 Å². The van der Waals surface area contributed by atoms with Crippen LogP contribution in [-0.2, 0) is 23.9 Å². The van der Waals surface area contributed by atoms with Crippen molar-refractivity contribution >= 4 is 11.8 Å². The minimum Gasteiger partial charge on any atom is -0.491 e. The van der Waals surface area contributed by atoms with Crippen LogP contribution in [0, 0.1) is 6.92 Å². The predicted molar refractivity (Wildman–Crippen MR) is 96.5 cm³/mol. The minimum atomic E-state index is -4.47. The maximum absolute atomic E-state index is 13.0. The van der Waals surface area contributed by atoms with E-state index in [0.29, 0.717) is 22.4 Å². The molecule has 1 heterocycles. The van der Waals surface area contributed by atoms with E-state index < -0.39 is 17.6 Å². The Kier molecular flexibility index (Phi) is 5.78. The van der Waals surface area contributed by atoms with E-state index in [9.17, 15) is 22.8 Å². The molecule has 6 nitrogen and oxygen atoms in total. The zero-order valence-corrected chi connectivity index (χ0v) is 15.5. The number of benzene rings is 2. The Bertz CT molecular complexity index is 944. The molecular formula is C20H19F3N2O4. The quantitative estimate of drug-likeness (QED) is 0.604. The van der Waals surface area contributed by atoms with Crippen LogP contribution in [0.3, 0.4) is 0 Å². The summed E-state index contributed by atoms with van der Waals surface area (Å²) < 4.78 is 44.6. The molecule has 2 aromatic rings. The molecule has 0 aromatic heterocycles. The lowest BCUT2D eigenvalue weighted by Gasteiger charge is -2.20. The number of carbonyl (C=O) groups excluding carboxylic acids is 2. The molecule has 2 amide bonds. The third-order valence-electron chi connectivity index (χ3n) is 4.58. The molecule has 3 rings (SSSR count). The molecule has 2 N–H and O–H groups in total. The van der Waals surface area contributed by atoms with E-state index in [2.05, 4.69) is 0 Å². The van der Waals surface area contributed by atoms with E-state index in [0.717, 1.165) is 12.1 Å². The molecule has 0 saturated heterocycles. The standard InChI is InChI=1S/C20H19F3N2O4/c1-12-6-13(8-16(7-12)20(21,22)23)9-18(26)25-4-5-29-17-10-14(19(27)24-28)2-3-15(17)11-25/h2-3,6-8,10,28H,4-5,9,11H2,1H3,(H,24,27). The van der Waals surface area contributed by atoms with Gasteiger partial charge in [-0.3, -0.25) is 14.8 Å². The van der Waals surface area contributed by atoms with Gasteiger partial charge < -0.3 is 9.64 Å². The number of amides is 2. The van der Waals surface area contributed by atoms with Gasteiger partial charge in [-0.05, 0) is 36.8 Å². The summed E-state index contributed by atoms with van der Waals surface area (Å²) in [6.45, 7) is 2.18. The molecule has 1 aliphatic heterocycles. The van der Waals surface area contributed by atoms with Crippen molar-refractivity contribution in [2.75, 3.05) is 13.2 Å². The van der Waals surface area contributed by atoms with Gasteiger partial charge in [-0.2, -0.15) is 13.2 Å². The lowest BCUT2D eigenvalue weighted by molar-refractivity contribution is -0.138. The molecule has 0 fully saturated rings. The van der Waals surface area contributed by atoms with Gasteiger partial charge in [0.15, 0.2) is 0 Å². The van der Waals surface area contributed by atoms with Crippen molar-refractivity contribution < 1.29 is 32.7 Å². The number of aryl methyl sites for hydroxylation is 1. The van der Waals surface area contributed by atoms with Gasteiger partial charge in [0, 0.05) is 17.7 Å². The van der Waals surface area contributed by atoms with Crippen molar-refractivity contribution in [3.05, 3.63) is 64.2 Å². The highest BCUT2D eigenvalue weighted by Gasteiger charge is 2.31. The Morgan fingerprint density at radius 1 is 1.21 bits per heavy atom. The smallest absolute Gasteiger partial charge is 0.416 e. The maximum atomic E-state index is 13.0. The topological polar surface area (TPSA) is 78.9 Å². The average molecular weight is 408 g/mol. The molecular weight excluding hydrogens is 389 g/mol. The fourth-order valence-corrected chi connectivity index (χ4v) is 3.20. The molecule has 0 saturated carbocycles. The lowest BCUT2D eigenvalue weighted by Crippen LogP contribution is -2.33. The zero-order valence-electron chi connectivity index (χ0n) is 15.5. The Morgan fingerprint density at radius 3 is 2.66 bits per heavy atom. The summed E-state index contributed by atoms with van der Waals surface area (Å²) in [6.07, 6.45) is -4.64. The number of carbonyl (C=O) groups is 2. The number of hydroxylamine groups is 1. The number of alkyl halides is 3. The summed E-state index contributed by atoms with van der Waals surface area (Å²) in [5.41, 5.74) is 2.34. The number of fused-ring (bicyclic) bond motifs is 1. The Morgan fingerprint density at radius 2 is 1.97 bits per heavy atom. The van der Waals surface area contributed by atoms with Gasteiger partial charge in [0.1, 0.15) is 12.4 Å². The van der Waals surface area contributed by atoms with Crippen LogP contribution in [0.1, 0.15) is 32.6 Å². The van der Waals surface area contributed by atoms with Crippen LogP contribution < -0.4 is 10.2 Å². The Hall–Kier alpha value is -3.07. The summed E-state index contributed by atoms with van der Waals surface area (Å²) in [5.74, 6) is -0.595. The normalized spacial score (nSPS) is 13.9. The first kappa shape index (κ1) is 20.7. The maximum Gasteiger partial charge on any atom is 0.416 e. The first-order chi connectivity index (χ1) is 13.7. The molecule has 154 valence electrons. The molecule has 0 radical (unpaired) electrons. The summed E-state index contributed by atoms with van der Waals surface area (Å²) in [6, 6.07) is 8.16. The summed E-state index contributed by atoms with van der Waals surface area (Å²) in [5, 5.41) is 8.73. The monoisotopic (exact) mass is 408 g/mol. The molecule has 1 aliphatic rings. The second-order valence-corrected chi connectivity index (χ2v) is 6.81. The van der Waals surface area contributed by atoms with Crippen LogP contribution in [0.5, 0.6) is 5.75 Å². The molecule has 2 aromatic carbocycles. The van der Waals surface area contributed by atoms with Gasteiger partial charge in [0.25, 0.3) is 5.91 Å². The highest BCUT2D eigenvalue weighted by atomic mass is 19.4. The second kappa shape index (κ2) is 8.12. The van der Waals surface area contributed by atoms with Gasteiger partial charge in [-0.1, -0.05) is 17.7 Å². The lowest BCUT2D eigenvalue weighted by atomic mass is 10.0. The van der Waals surface area contributed by atoms with Crippen molar-refractivity contribution in [2.24, 2.45) is 0 Å². The SMILES string of the molecule is Cc1cc(CC(=O)N2CCOc3cc(C(=O)NO)ccc3C2)cc(C(F)(F)F)c1. The van der Waals surface area contributed by atoms with Gasteiger partial charge in [0.05, 0.1) is 18.5 Å². The summed E-state index contributed by atoms with van der Waals surface area (Å²) in [4.78, 5) is 25.7. The van der Waals surface area contributed by atoms with Crippen LogP contribution in [0.25, 0.3) is 0 Å². The highest BCUT2D eigenvalue weighted by Crippen LogP contribution is 2.31. The Balaban J connectivity index is 1.77. The van der Waals surface area contributed by atoms with E-state index in [4.69, 9.17) is 9.94 Å². The summed E-state index contributed by atoms with van der Waals surface area (Å²) in [7, 11) is 0. The average Bonchev–Trinajstić information content (AvgIpc) is 2.88. The number of halogens is 3. The van der Waals surface area contributed by atoms with Crippen LogP contribution in [0.4, 0.5) is 13.2 Å². The van der Waals surface area contributed by atoms with Gasteiger partial charge >= 0.3 is 6.18 Å². The van der Waals surface area contributed by atoms with E-state index in [-0.39, 0.29) is 37.6 Å². The van der Waals surface area contributed by atoms with Gasteiger partial charge in [0.2, 0.25) is 5.91 Å². The molecule has 0 spiro atoms. The molecule has 0 atom stereocenters. The fraction of sp³-hybridized carbons (Fsp3) is 0.300. The Labute approximate surface area is 164 Å². The number of rotatable bonds is 3.